The van der Waals surface area contributed by atoms with E-state index >= 15 is 0 Å². The van der Waals surface area contributed by atoms with Crippen LogP contribution in [-0.4, -0.2) is 24.1 Å². The van der Waals surface area contributed by atoms with Crippen molar-refractivity contribution in [3.8, 4) is 0 Å². The number of nitrogens with one attached hydrogen (secondary N) is 2. The molecule has 0 radical (unpaired) electrons. The van der Waals surface area contributed by atoms with Crippen molar-refractivity contribution in [2.24, 2.45) is 5.92 Å². The van der Waals surface area contributed by atoms with Gasteiger partial charge in [-0.05, 0) is 37.1 Å². The van der Waals surface area contributed by atoms with Crippen LogP contribution in [0.15, 0.2) is 42.6 Å². The second-order valence-electron chi connectivity index (χ2n) is 5.41. The van der Waals surface area contributed by atoms with Gasteiger partial charge in [-0.2, -0.15) is 0 Å². The predicted octanol–water partition coefficient (Wildman–Crippen LogP) is 3.84. The summed E-state index contributed by atoms with van der Waals surface area (Å²) >= 11 is 6.10. The van der Waals surface area contributed by atoms with Gasteiger partial charge in [-0.15, -0.1) is 0 Å². The number of para-hydroxylation sites is 1. The number of aromatic nitrogens is 1. The second-order valence-corrected chi connectivity index (χ2v) is 5.82. The molecule has 1 aromatic carbocycles. The number of carbonyl (C=O) groups is 1. The number of halogens is 1. The van der Waals surface area contributed by atoms with E-state index in [0.29, 0.717) is 29.7 Å². The van der Waals surface area contributed by atoms with Crippen molar-refractivity contribution in [3.05, 3.63) is 47.6 Å². The first-order chi connectivity index (χ1) is 11.2. The van der Waals surface area contributed by atoms with Crippen LogP contribution >= 0.6 is 11.6 Å². The van der Waals surface area contributed by atoms with E-state index in [1.54, 1.807) is 6.20 Å². The fraction of sp³-hybridized carbons (Fsp3) is 0.294. The lowest BCUT2D eigenvalue weighted by Gasteiger charge is -2.21. The molecule has 1 fully saturated rings. The third kappa shape index (κ3) is 4.21. The van der Waals surface area contributed by atoms with Gasteiger partial charge >= 0.3 is 0 Å². The maximum atomic E-state index is 12.2. The van der Waals surface area contributed by atoms with Crippen molar-refractivity contribution < 1.29 is 9.53 Å². The number of anilines is 3. The first kappa shape index (κ1) is 15.8. The van der Waals surface area contributed by atoms with Crippen LogP contribution in [0.1, 0.15) is 12.8 Å². The van der Waals surface area contributed by atoms with Gasteiger partial charge in [0.2, 0.25) is 5.91 Å². The quantitative estimate of drug-likeness (QED) is 0.893. The summed E-state index contributed by atoms with van der Waals surface area (Å²) in [5.74, 6) is 0.716. The lowest BCUT2D eigenvalue weighted by molar-refractivity contribution is -0.122. The van der Waals surface area contributed by atoms with Gasteiger partial charge in [0.25, 0.3) is 0 Å². The molecule has 1 aliphatic rings. The third-order valence-electron chi connectivity index (χ3n) is 3.76. The Morgan fingerprint density at radius 1 is 1.17 bits per heavy atom. The van der Waals surface area contributed by atoms with Crippen LogP contribution in [0.3, 0.4) is 0 Å². The Balaban J connectivity index is 1.60. The van der Waals surface area contributed by atoms with Crippen molar-refractivity contribution in [2.45, 2.75) is 12.8 Å². The Morgan fingerprint density at radius 3 is 2.65 bits per heavy atom. The highest BCUT2D eigenvalue weighted by atomic mass is 35.5. The van der Waals surface area contributed by atoms with Crippen LogP contribution in [0.4, 0.5) is 17.2 Å². The standard InChI is InChI=1S/C17H18ClN3O2/c18-14-3-1-2-4-15(14)21-16-6-5-13(11-19-16)20-17(22)12-7-9-23-10-8-12/h1-6,11-12H,7-10H2,(H,19,21)(H,20,22). The van der Waals surface area contributed by atoms with Gasteiger partial charge in [-0.25, -0.2) is 4.98 Å². The minimum atomic E-state index is 0.0182. The number of pyridine rings is 1. The number of carbonyl (C=O) groups excluding carboxylic acids is 1. The molecular weight excluding hydrogens is 314 g/mol. The normalized spacial score (nSPS) is 15.2. The molecular formula is C17H18ClN3O2. The molecule has 1 saturated heterocycles. The molecule has 23 heavy (non-hydrogen) atoms. The minimum Gasteiger partial charge on any atom is -0.381 e. The molecule has 1 aromatic heterocycles. The van der Waals surface area contributed by atoms with Crippen LogP contribution in [-0.2, 0) is 9.53 Å². The van der Waals surface area contributed by atoms with E-state index in [0.717, 1.165) is 18.5 Å². The average Bonchev–Trinajstić information content (AvgIpc) is 2.59. The Hall–Kier alpha value is -2.11. The third-order valence-corrected chi connectivity index (χ3v) is 4.09. The van der Waals surface area contributed by atoms with Crippen LogP contribution in [0.25, 0.3) is 0 Å². The molecule has 6 heteroatoms. The molecule has 0 atom stereocenters. The maximum absolute atomic E-state index is 12.2. The Morgan fingerprint density at radius 2 is 1.96 bits per heavy atom. The van der Waals surface area contributed by atoms with E-state index in [4.69, 9.17) is 16.3 Å². The summed E-state index contributed by atoms with van der Waals surface area (Å²) in [5, 5.41) is 6.68. The van der Waals surface area contributed by atoms with Crippen molar-refractivity contribution in [1.29, 1.82) is 0 Å². The van der Waals surface area contributed by atoms with Gasteiger partial charge in [-0.3, -0.25) is 4.79 Å². The first-order valence-corrected chi connectivity index (χ1v) is 7.96. The molecule has 120 valence electrons. The number of nitrogens with zero attached hydrogens (tertiary/aromatic N) is 1. The van der Waals surface area contributed by atoms with Gasteiger partial charge in [0.05, 0.1) is 22.6 Å². The molecule has 0 bridgehead atoms. The Kier molecular flexibility index (Phi) is 5.10. The van der Waals surface area contributed by atoms with Crippen LogP contribution in [0.2, 0.25) is 5.02 Å². The van der Waals surface area contributed by atoms with E-state index in [2.05, 4.69) is 15.6 Å². The number of benzene rings is 1. The van der Waals surface area contributed by atoms with Gasteiger partial charge in [0, 0.05) is 19.1 Å². The number of rotatable bonds is 4. The summed E-state index contributed by atoms with van der Waals surface area (Å²) < 4.78 is 5.27. The highest BCUT2D eigenvalue weighted by molar-refractivity contribution is 6.33. The minimum absolute atomic E-state index is 0.0182. The van der Waals surface area contributed by atoms with Gasteiger partial charge < -0.3 is 15.4 Å². The van der Waals surface area contributed by atoms with Crippen molar-refractivity contribution >= 4 is 34.7 Å². The van der Waals surface area contributed by atoms with E-state index in [1.165, 1.54) is 0 Å². The molecule has 0 aliphatic carbocycles. The van der Waals surface area contributed by atoms with Crippen LogP contribution < -0.4 is 10.6 Å². The number of hydrogen-bond donors (Lipinski definition) is 2. The highest BCUT2D eigenvalue weighted by Gasteiger charge is 2.21. The number of ether oxygens (including phenoxy) is 1. The van der Waals surface area contributed by atoms with Gasteiger partial charge in [0.1, 0.15) is 5.82 Å². The second kappa shape index (κ2) is 7.44. The zero-order valence-electron chi connectivity index (χ0n) is 12.6. The van der Waals surface area contributed by atoms with Gasteiger partial charge in [0.15, 0.2) is 0 Å². The SMILES string of the molecule is O=C(Nc1ccc(Nc2ccccc2Cl)nc1)C1CCOCC1. The van der Waals surface area contributed by atoms with Crippen LogP contribution in [0, 0.1) is 5.92 Å². The molecule has 2 N–H and O–H groups in total. The summed E-state index contributed by atoms with van der Waals surface area (Å²) in [6, 6.07) is 11.1. The van der Waals surface area contributed by atoms with Crippen molar-refractivity contribution in [3.63, 3.8) is 0 Å². The highest BCUT2D eigenvalue weighted by Crippen LogP contribution is 2.24. The summed E-state index contributed by atoms with van der Waals surface area (Å²) in [5.41, 5.74) is 1.48. The fourth-order valence-corrected chi connectivity index (χ4v) is 2.63. The molecule has 1 amide bonds. The smallest absolute Gasteiger partial charge is 0.227 e. The molecule has 3 rings (SSSR count). The summed E-state index contributed by atoms with van der Waals surface area (Å²) in [6.45, 7) is 1.30. The predicted molar refractivity (Wildman–Crippen MR) is 91.1 cm³/mol. The molecule has 0 unspecified atom stereocenters. The van der Waals surface area contributed by atoms with E-state index in [9.17, 15) is 4.79 Å². The monoisotopic (exact) mass is 331 g/mol. The zero-order chi connectivity index (χ0) is 16.1. The maximum Gasteiger partial charge on any atom is 0.227 e. The Labute approximate surface area is 140 Å². The zero-order valence-corrected chi connectivity index (χ0v) is 13.3. The van der Waals surface area contributed by atoms with E-state index in [-0.39, 0.29) is 11.8 Å². The topological polar surface area (TPSA) is 63.2 Å². The molecule has 2 aromatic rings. The average molecular weight is 332 g/mol. The van der Waals surface area contributed by atoms with Crippen LogP contribution in [0.5, 0.6) is 0 Å². The number of hydrogen-bond acceptors (Lipinski definition) is 4. The largest absolute Gasteiger partial charge is 0.381 e. The Bertz CT molecular complexity index is 670. The molecule has 5 nitrogen and oxygen atoms in total. The molecule has 1 aliphatic heterocycles. The first-order valence-electron chi connectivity index (χ1n) is 7.58. The molecule has 0 saturated carbocycles. The lowest BCUT2D eigenvalue weighted by atomic mass is 9.99. The van der Waals surface area contributed by atoms with E-state index in [1.807, 2.05) is 36.4 Å². The van der Waals surface area contributed by atoms with Gasteiger partial charge in [-0.1, -0.05) is 23.7 Å². The molecule has 0 spiro atoms. The fourth-order valence-electron chi connectivity index (χ4n) is 2.45. The summed E-state index contributed by atoms with van der Waals surface area (Å²) in [6.07, 6.45) is 3.17. The molecule has 2 heterocycles. The van der Waals surface area contributed by atoms with E-state index < -0.39 is 0 Å². The summed E-state index contributed by atoms with van der Waals surface area (Å²) in [7, 11) is 0. The van der Waals surface area contributed by atoms with Crippen molar-refractivity contribution in [2.75, 3.05) is 23.8 Å². The summed E-state index contributed by atoms with van der Waals surface area (Å²) in [4.78, 5) is 16.5. The number of amides is 1. The lowest BCUT2D eigenvalue weighted by Crippen LogP contribution is -2.28. The van der Waals surface area contributed by atoms with Crippen molar-refractivity contribution in [1.82, 2.24) is 4.98 Å².